The van der Waals surface area contributed by atoms with Gasteiger partial charge in [0.1, 0.15) is 0 Å². The number of nitrogens with zero attached hydrogens (tertiary/aromatic N) is 10. The van der Waals surface area contributed by atoms with E-state index in [9.17, 15) is 0 Å². The van der Waals surface area contributed by atoms with Crippen LogP contribution in [0.15, 0.2) is 74.9 Å². The van der Waals surface area contributed by atoms with E-state index in [1.165, 1.54) is 10.3 Å². The maximum absolute atomic E-state index is 7.13. The Morgan fingerprint density at radius 1 is 0.543 bits per heavy atom. The molecule has 4 aromatic heterocycles. The van der Waals surface area contributed by atoms with Crippen molar-refractivity contribution in [2.24, 2.45) is 0 Å². The Kier molecular flexibility index (Phi) is 30.2. The van der Waals surface area contributed by atoms with Crippen LogP contribution in [-0.2, 0) is 43.0 Å². The molecule has 0 bridgehead atoms. The van der Waals surface area contributed by atoms with Crippen LogP contribution in [0.25, 0.3) is 10.8 Å². The monoisotopic (exact) mass is 559 g/mol. The summed E-state index contributed by atoms with van der Waals surface area (Å²) in [6, 6.07) is 0. The fourth-order valence-electron chi connectivity index (χ4n) is 1.90. The third-order valence-electron chi connectivity index (χ3n) is 3.70. The average Bonchev–Trinajstić information content (AvgIpc) is 3.70. The molecule has 0 aliphatic rings. The molecule has 35 heavy (non-hydrogen) atoms. The Labute approximate surface area is 228 Å². The maximum Gasteiger partial charge on any atom is 2.00 e. The minimum Gasteiger partial charge on any atom is -0.753 e. The van der Waals surface area contributed by atoms with Crippen molar-refractivity contribution in [1.82, 2.24) is 38.2 Å². The number of isothiocyanates is 2. The van der Waals surface area contributed by atoms with Gasteiger partial charge in [0.25, 0.3) is 0 Å². The number of rotatable bonds is 4. The Bertz CT molecular complexity index is 793. The fraction of sp³-hybridized carbons (Fsp3) is 0.364. The molecule has 0 unspecified atom stereocenters. The molecule has 0 aliphatic carbocycles. The van der Waals surface area contributed by atoms with Crippen molar-refractivity contribution in [3.8, 4) is 0 Å². The van der Waals surface area contributed by atoms with Gasteiger partial charge in [0.2, 0.25) is 0 Å². The summed E-state index contributed by atoms with van der Waals surface area (Å²) in [5, 5.41) is 16.9. The van der Waals surface area contributed by atoms with E-state index in [1.807, 2.05) is 43.1 Å². The number of thiocarbonyl (C=S) groups is 2. The van der Waals surface area contributed by atoms with Crippen LogP contribution in [0.4, 0.5) is 0 Å². The zero-order valence-electron chi connectivity index (χ0n) is 20.4. The zero-order chi connectivity index (χ0) is 25.9. The van der Waals surface area contributed by atoms with Crippen molar-refractivity contribution in [1.29, 1.82) is 0 Å². The van der Waals surface area contributed by atoms with E-state index in [1.54, 1.807) is 50.1 Å². The molecule has 4 heterocycles. The molecule has 0 saturated heterocycles. The van der Waals surface area contributed by atoms with Gasteiger partial charge in [0.05, 0.1) is 25.3 Å². The number of aryl methyl sites for hydroxylation is 4. The second-order valence-electron chi connectivity index (χ2n) is 5.76. The van der Waals surface area contributed by atoms with Crippen LogP contribution in [0.5, 0.6) is 0 Å². The van der Waals surface area contributed by atoms with E-state index in [0.29, 0.717) is 0 Å². The molecule has 0 amide bonds. The topological polar surface area (TPSA) is 116 Å². The Morgan fingerprint density at radius 2 is 0.714 bits per heavy atom. The van der Waals surface area contributed by atoms with Gasteiger partial charge in [-0.15, -0.1) is 0 Å². The maximum atomic E-state index is 7.13. The first-order valence-corrected chi connectivity index (χ1v) is 11.2. The Hall–Kier alpha value is -3.05. The summed E-state index contributed by atoms with van der Waals surface area (Å²) in [7, 11) is 0. The van der Waals surface area contributed by atoms with E-state index in [0.717, 1.165) is 26.2 Å². The van der Waals surface area contributed by atoms with E-state index in [4.69, 9.17) is 10.8 Å². The van der Waals surface area contributed by atoms with Gasteiger partial charge in [0, 0.05) is 75.8 Å². The van der Waals surface area contributed by atoms with Crippen LogP contribution >= 0.6 is 24.4 Å². The fourth-order valence-corrected chi connectivity index (χ4v) is 1.90. The number of imidazole rings is 4. The van der Waals surface area contributed by atoms with Gasteiger partial charge in [-0.3, -0.25) is 0 Å². The summed E-state index contributed by atoms with van der Waals surface area (Å²) < 4.78 is 8.06. The van der Waals surface area contributed by atoms with Crippen LogP contribution in [0.2, 0.25) is 0 Å². The molecule has 0 atom stereocenters. The molecular formula is C22H32CoN10S2. The summed E-state index contributed by atoms with van der Waals surface area (Å²) in [5.41, 5.74) is 0. The molecule has 4 aromatic rings. The van der Waals surface area contributed by atoms with Crippen LogP contribution in [0.3, 0.4) is 0 Å². The van der Waals surface area contributed by atoms with Crippen molar-refractivity contribution in [2.75, 3.05) is 0 Å². The molecular weight excluding hydrogens is 527 g/mol. The predicted octanol–water partition coefficient (Wildman–Crippen LogP) is 4.93. The van der Waals surface area contributed by atoms with E-state index >= 15 is 0 Å². The third kappa shape index (κ3) is 23.9. The Morgan fingerprint density at radius 3 is 0.771 bits per heavy atom. The number of hydrogen-bond donors (Lipinski definition) is 0. The first kappa shape index (κ1) is 36.5. The third-order valence-corrected chi connectivity index (χ3v) is 3.70. The van der Waals surface area contributed by atoms with Gasteiger partial charge in [-0.25, -0.2) is 19.9 Å². The van der Waals surface area contributed by atoms with Gasteiger partial charge in [0.15, 0.2) is 0 Å². The summed E-state index contributed by atoms with van der Waals surface area (Å²) in [6.07, 6.45) is 22.1. The van der Waals surface area contributed by atoms with Gasteiger partial charge in [-0.1, -0.05) is 24.4 Å². The first-order valence-electron chi connectivity index (χ1n) is 10.4. The molecule has 0 aliphatic heterocycles. The quantitative estimate of drug-likeness (QED) is 0.259. The summed E-state index contributed by atoms with van der Waals surface area (Å²) >= 11 is 7.40. The van der Waals surface area contributed by atoms with Crippen molar-refractivity contribution in [3.63, 3.8) is 0 Å². The van der Waals surface area contributed by atoms with Crippen LogP contribution in [-0.4, -0.2) is 48.5 Å². The van der Waals surface area contributed by atoms with Crippen molar-refractivity contribution < 1.29 is 16.8 Å². The smallest absolute Gasteiger partial charge is 0.753 e. The van der Waals surface area contributed by atoms with Gasteiger partial charge in [-0.05, 0) is 27.7 Å². The molecule has 0 fully saturated rings. The predicted molar refractivity (Wildman–Crippen MR) is 144 cm³/mol. The molecule has 13 heteroatoms. The van der Waals surface area contributed by atoms with Crippen LogP contribution in [0.1, 0.15) is 27.7 Å². The van der Waals surface area contributed by atoms with E-state index in [-0.39, 0.29) is 16.8 Å². The molecule has 4 rings (SSSR count). The van der Waals surface area contributed by atoms with E-state index in [2.05, 4.69) is 72.1 Å². The standard InChI is InChI=1S/4C5H8N2.2CNS.Co/c4*1-2-7-4-3-6-5-7;2*2-1-3;/h4*3-5H,2H2,1H3;;;/q;;;;2*-1;+2. The zero-order valence-corrected chi connectivity index (χ0v) is 23.1. The minimum atomic E-state index is 0. The van der Waals surface area contributed by atoms with Gasteiger partial charge >= 0.3 is 16.8 Å². The first-order chi connectivity index (χ1) is 16.6. The van der Waals surface area contributed by atoms with Crippen molar-refractivity contribution in [3.05, 3.63) is 85.7 Å². The second-order valence-corrected chi connectivity index (χ2v) is 6.12. The number of hydrogen-bond acceptors (Lipinski definition) is 6. The summed E-state index contributed by atoms with van der Waals surface area (Å²) in [6.45, 7) is 12.4. The summed E-state index contributed by atoms with van der Waals surface area (Å²) in [4.78, 5) is 15.4. The van der Waals surface area contributed by atoms with Gasteiger partial charge in [-0.2, -0.15) is 10.3 Å². The molecule has 1 radical (unpaired) electrons. The molecule has 0 N–H and O–H groups in total. The average molecular weight is 560 g/mol. The number of aromatic nitrogens is 8. The largest absolute Gasteiger partial charge is 2.00 e. The molecule has 0 spiro atoms. The minimum absolute atomic E-state index is 0. The Balaban J connectivity index is -0.000000360. The normalized spacial score (nSPS) is 7.89. The second kappa shape index (κ2) is 29.0. The van der Waals surface area contributed by atoms with Gasteiger partial charge < -0.3 is 29.1 Å². The SMILES string of the molecule is CCn1ccnc1.CCn1ccnc1.CCn1ccnc1.CCn1ccnc1.[Co+2].[N-]=C=S.[N-]=C=S. The van der Waals surface area contributed by atoms with Crippen LogP contribution < -0.4 is 0 Å². The van der Waals surface area contributed by atoms with Crippen molar-refractivity contribution in [2.45, 2.75) is 53.9 Å². The summed E-state index contributed by atoms with van der Waals surface area (Å²) in [5.74, 6) is 0. The molecule has 191 valence electrons. The van der Waals surface area contributed by atoms with Crippen molar-refractivity contribution >= 4 is 34.8 Å². The van der Waals surface area contributed by atoms with Crippen LogP contribution in [0, 0.1) is 0 Å². The molecule has 10 nitrogen and oxygen atoms in total. The van der Waals surface area contributed by atoms with E-state index < -0.39 is 0 Å². The molecule has 0 aromatic carbocycles. The molecule has 0 saturated carbocycles.